The first-order chi connectivity index (χ1) is 19.9. The summed E-state index contributed by atoms with van der Waals surface area (Å²) in [5.41, 5.74) is 7.85. The second-order valence-electron chi connectivity index (χ2n) is 10.3. The number of benzene rings is 3. The number of rotatable bonds is 7. The zero-order chi connectivity index (χ0) is 28.5. The molecule has 1 fully saturated rings. The molecule has 1 saturated heterocycles. The Labute approximate surface area is 246 Å². The van der Waals surface area contributed by atoms with Crippen LogP contribution in [-0.2, 0) is 0 Å². The SMILES string of the molecule is COc1ccc(Oc2ccc(N3C(=S)N[C@H](c4ccccn4)[C@@H]3c3cc(C)n(-c4cccc(C)c4)c3C)cc2)cc1. The van der Waals surface area contributed by atoms with Crippen molar-refractivity contribution in [2.75, 3.05) is 12.0 Å². The minimum Gasteiger partial charge on any atom is -0.497 e. The van der Waals surface area contributed by atoms with Crippen molar-refractivity contribution in [3.05, 3.63) is 131 Å². The van der Waals surface area contributed by atoms with Crippen LogP contribution in [0.2, 0.25) is 0 Å². The zero-order valence-corrected chi connectivity index (χ0v) is 24.4. The smallest absolute Gasteiger partial charge is 0.174 e. The van der Waals surface area contributed by atoms with E-state index in [1.165, 1.54) is 22.5 Å². The van der Waals surface area contributed by atoms with Crippen molar-refractivity contribution >= 4 is 23.0 Å². The monoisotopic (exact) mass is 560 g/mol. The first-order valence-corrected chi connectivity index (χ1v) is 14.0. The van der Waals surface area contributed by atoms with Crippen molar-refractivity contribution in [2.45, 2.75) is 32.9 Å². The molecule has 206 valence electrons. The Balaban J connectivity index is 1.39. The quantitative estimate of drug-likeness (QED) is 0.205. The van der Waals surface area contributed by atoms with Gasteiger partial charge in [0.05, 0.1) is 24.9 Å². The molecule has 0 aliphatic carbocycles. The van der Waals surface area contributed by atoms with Crippen LogP contribution in [0.3, 0.4) is 0 Å². The molecule has 3 aromatic carbocycles. The number of aryl methyl sites for hydroxylation is 2. The van der Waals surface area contributed by atoms with Crippen LogP contribution in [0.1, 0.15) is 40.3 Å². The number of aromatic nitrogens is 2. The standard InChI is InChI=1S/C34H32N4O2S/c1-22-8-7-9-26(20-22)37-23(2)21-30(24(37)3)33-32(31-10-5-6-19-35-31)36-34(41)38(33)25-11-13-28(14-12-25)40-29-17-15-27(39-4)16-18-29/h5-21,32-33H,1-4H3,(H,36,41)/t32-,33+/m1/s1. The van der Waals surface area contributed by atoms with Gasteiger partial charge in [-0.3, -0.25) is 4.98 Å². The van der Waals surface area contributed by atoms with Gasteiger partial charge in [0.2, 0.25) is 0 Å². The summed E-state index contributed by atoms with van der Waals surface area (Å²) in [5.74, 6) is 2.28. The average molecular weight is 561 g/mol. The van der Waals surface area contributed by atoms with Crippen LogP contribution in [0.15, 0.2) is 103 Å². The molecule has 1 N–H and O–H groups in total. The van der Waals surface area contributed by atoms with E-state index in [4.69, 9.17) is 26.7 Å². The Morgan fingerprint density at radius 2 is 1.49 bits per heavy atom. The maximum absolute atomic E-state index is 6.09. The number of pyridine rings is 1. The van der Waals surface area contributed by atoms with E-state index in [1.54, 1.807) is 7.11 Å². The molecule has 0 bridgehead atoms. The number of thiocarbonyl (C=S) groups is 1. The molecule has 0 unspecified atom stereocenters. The molecule has 0 radical (unpaired) electrons. The van der Waals surface area contributed by atoms with Crippen LogP contribution in [0.4, 0.5) is 5.69 Å². The van der Waals surface area contributed by atoms with Crippen molar-refractivity contribution in [3.63, 3.8) is 0 Å². The van der Waals surface area contributed by atoms with Gasteiger partial charge in [0.15, 0.2) is 5.11 Å². The minimum absolute atomic E-state index is 0.101. The highest BCUT2D eigenvalue weighted by Crippen LogP contribution is 2.44. The lowest BCUT2D eigenvalue weighted by atomic mass is 9.96. The third-order valence-corrected chi connectivity index (χ3v) is 7.87. The van der Waals surface area contributed by atoms with Gasteiger partial charge >= 0.3 is 0 Å². The second kappa shape index (κ2) is 11.1. The molecular formula is C34H32N4O2S. The van der Waals surface area contributed by atoms with Crippen LogP contribution in [0.5, 0.6) is 17.2 Å². The lowest BCUT2D eigenvalue weighted by Crippen LogP contribution is -2.29. The van der Waals surface area contributed by atoms with Crippen LogP contribution in [0, 0.1) is 20.8 Å². The third kappa shape index (κ3) is 5.16. The molecule has 2 atom stereocenters. The molecule has 41 heavy (non-hydrogen) atoms. The van der Waals surface area contributed by atoms with E-state index in [2.05, 4.69) is 84.1 Å². The van der Waals surface area contributed by atoms with Gasteiger partial charge in [-0.2, -0.15) is 0 Å². The van der Waals surface area contributed by atoms with E-state index in [0.29, 0.717) is 5.11 Å². The van der Waals surface area contributed by atoms with E-state index >= 15 is 0 Å². The summed E-state index contributed by atoms with van der Waals surface area (Å²) in [4.78, 5) is 6.92. The minimum atomic E-state index is -0.120. The highest BCUT2D eigenvalue weighted by molar-refractivity contribution is 7.80. The fourth-order valence-corrected chi connectivity index (χ4v) is 6.00. The van der Waals surface area contributed by atoms with Crippen LogP contribution < -0.4 is 19.7 Å². The normalized spacial score (nSPS) is 16.5. The van der Waals surface area contributed by atoms with Gasteiger partial charge in [-0.15, -0.1) is 0 Å². The number of methoxy groups -OCH3 is 1. The summed E-state index contributed by atoms with van der Waals surface area (Å²) in [5, 5.41) is 4.24. The van der Waals surface area contributed by atoms with Gasteiger partial charge in [-0.25, -0.2) is 0 Å². The molecule has 0 spiro atoms. The number of hydrogen-bond acceptors (Lipinski definition) is 4. The largest absolute Gasteiger partial charge is 0.497 e. The summed E-state index contributed by atoms with van der Waals surface area (Å²) in [6.07, 6.45) is 1.83. The van der Waals surface area contributed by atoms with Gasteiger partial charge in [-0.05, 0) is 123 Å². The Kier molecular flexibility index (Phi) is 7.20. The van der Waals surface area contributed by atoms with Crippen molar-refractivity contribution in [1.82, 2.24) is 14.9 Å². The van der Waals surface area contributed by atoms with Crippen molar-refractivity contribution < 1.29 is 9.47 Å². The summed E-state index contributed by atoms with van der Waals surface area (Å²) in [6.45, 7) is 6.47. The predicted molar refractivity (Wildman–Crippen MR) is 167 cm³/mol. The summed E-state index contributed by atoms with van der Waals surface area (Å²) in [6, 6.07) is 32.3. The highest BCUT2D eigenvalue weighted by Gasteiger charge is 2.42. The van der Waals surface area contributed by atoms with Crippen molar-refractivity contribution in [3.8, 4) is 22.9 Å². The molecule has 1 aliphatic rings. The van der Waals surface area contributed by atoms with Crippen LogP contribution >= 0.6 is 12.2 Å². The molecule has 0 saturated carbocycles. The molecule has 0 amide bonds. The summed E-state index contributed by atoms with van der Waals surface area (Å²) >= 11 is 5.97. The Bertz CT molecular complexity index is 1680. The summed E-state index contributed by atoms with van der Waals surface area (Å²) in [7, 11) is 1.65. The molecule has 1 aliphatic heterocycles. The Morgan fingerprint density at radius 3 is 2.15 bits per heavy atom. The highest BCUT2D eigenvalue weighted by atomic mass is 32.1. The molecule has 6 rings (SSSR count). The van der Waals surface area contributed by atoms with Crippen molar-refractivity contribution in [2.24, 2.45) is 0 Å². The van der Waals surface area contributed by atoms with Crippen LogP contribution in [-0.4, -0.2) is 21.8 Å². The van der Waals surface area contributed by atoms with Crippen molar-refractivity contribution in [1.29, 1.82) is 0 Å². The third-order valence-electron chi connectivity index (χ3n) is 7.56. The molecule has 3 heterocycles. The van der Waals surface area contributed by atoms with Gasteiger partial charge in [-0.1, -0.05) is 18.2 Å². The topological polar surface area (TPSA) is 51.6 Å². The number of ether oxygens (including phenoxy) is 2. The molecule has 2 aromatic heterocycles. The first kappa shape index (κ1) is 26.6. The first-order valence-electron chi connectivity index (χ1n) is 13.6. The van der Waals surface area contributed by atoms with E-state index in [9.17, 15) is 0 Å². The van der Waals surface area contributed by atoms with Gasteiger partial charge in [0.1, 0.15) is 17.2 Å². The lowest BCUT2D eigenvalue weighted by molar-refractivity contribution is 0.413. The van der Waals surface area contributed by atoms with E-state index in [0.717, 1.165) is 34.3 Å². The molecule has 6 nitrogen and oxygen atoms in total. The van der Waals surface area contributed by atoms with Gasteiger partial charge in [0.25, 0.3) is 0 Å². The number of nitrogens with one attached hydrogen (secondary N) is 1. The van der Waals surface area contributed by atoms with E-state index in [-0.39, 0.29) is 12.1 Å². The fraction of sp³-hybridized carbons (Fsp3) is 0.176. The number of anilines is 1. The number of nitrogens with zero attached hydrogens (tertiary/aromatic N) is 3. The molecule has 5 aromatic rings. The van der Waals surface area contributed by atoms with E-state index in [1.807, 2.05) is 54.7 Å². The second-order valence-corrected chi connectivity index (χ2v) is 10.7. The van der Waals surface area contributed by atoms with Gasteiger partial charge < -0.3 is 24.3 Å². The number of hydrogen-bond donors (Lipinski definition) is 1. The average Bonchev–Trinajstić information content (AvgIpc) is 3.49. The summed E-state index contributed by atoms with van der Waals surface area (Å²) < 4.78 is 13.7. The fourth-order valence-electron chi connectivity index (χ4n) is 5.66. The molecular weight excluding hydrogens is 528 g/mol. The predicted octanol–water partition coefficient (Wildman–Crippen LogP) is 7.78. The van der Waals surface area contributed by atoms with E-state index < -0.39 is 0 Å². The lowest BCUT2D eigenvalue weighted by Gasteiger charge is -2.28. The Morgan fingerprint density at radius 1 is 0.780 bits per heavy atom. The maximum Gasteiger partial charge on any atom is 0.174 e. The maximum atomic E-state index is 6.09. The van der Waals surface area contributed by atoms with Crippen LogP contribution in [0.25, 0.3) is 5.69 Å². The molecule has 7 heteroatoms. The van der Waals surface area contributed by atoms with Gasteiger partial charge in [0, 0.05) is 29.0 Å². The zero-order valence-electron chi connectivity index (χ0n) is 23.5. The Hall–Kier alpha value is -4.62.